The molecule has 1 spiro atoms. The maximum Gasteiger partial charge on any atom is 0.241 e. The number of hydrogen-bond acceptors (Lipinski definition) is 4. The van der Waals surface area contributed by atoms with Gasteiger partial charge in [-0.25, -0.2) is 0 Å². The van der Waals surface area contributed by atoms with Gasteiger partial charge in [-0.2, -0.15) is 0 Å². The van der Waals surface area contributed by atoms with E-state index >= 15 is 0 Å². The summed E-state index contributed by atoms with van der Waals surface area (Å²) in [5.74, 6) is -0.0284. The third kappa shape index (κ3) is 2.39. The van der Waals surface area contributed by atoms with Crippen LogP contribution in [0.5, 0.6) is 0 Å². The molecular weight excluding hydrogens is 292 g/mol. The summed E-state index contributed by atoms with van der Waals surface area (Å²) >= 11 is 0. The Morgan fingerprint density at radius 2 is 1.91 bits per heavy atom. The van der Waals surface area contributed by atoms with Gasteiger partial charge in [0.2, 0.25) is 11.8 Å². The highest BCUT2D eigenvalue weighted by Gasteiger charge is 2.54. The van der Waals surface area contributed by atoms with Crippen molar-refractivity contribution in [1.29, 1.82) is 0 Å². The highest BCUT2D eigenvalue weighted by atomic mass is 16.5. The van der Waals surface area contributed by atoms with Crippen molar-refractivity contribution in [3.8, 4) is 0 Å². The number of likely N-dealkylation sites (tertiary alicyclic amines) is 1. The predicted octanol–water partition coefficient (Wildman–Crippen LogP) is 1.31. The first-order valence-corrected chi connectivity index (χ1v) is 8.44. The minimum absolute atomic E-state index is 0.00106. The third-order valence-corrected chi connectivity index (χ3v) is 5.44. The molecule has 1 aromatic rings. The van der Waals surface area contributed by atoms with Crippen LogP contribution in [0.4, 0.5) is 0 Å². The van der Waals surface area contributed by atoms with Crippen molar-refractivity contribution in [2.45, 2.75) is 31.1 Å². The monoisotopic (exact) mass is 314 g/mol. The van der Waals surface area contributed by atoms with Gasteiger partial charge in [0.1, 0.15) is 0 Å². The maximum absolute atomic E-state index is 13.2. The molecule has 2 aliphatic heterocycles. The van der Waals surface area contributed by atoms with E-state index in [1.807, 2.05) is 18.2 Å². The fraction of sp³-hybridized carbons (Fsp3) is 0.556. The molecule has 122 valence electrons. The molecule has 1 aromatic carbocycles. The van der Waals surface area contributed by atoms with Gasteiger partial charge in [-0.1, -0.05) is 24.3 Å². The Bertz CT molecular complexity index is 639. The van der Waals surface area contributed by atoms with Crippen molar-refractivity contribution >= 4 is 11.8 Å². The topological polar surface area (TPSA) is 49.9 Å². The number of imide groups is 1. The van der Waals surface area contributed by atoms with E-state index in [9.17, 15) is 9.59 Å². The van der Waals surface area contributed by atoms with Gasteiger partial charge in [0.25, 0.3) is 0 Å². The Labute approximate surface area is 136 Å². The molecule has 0 unspecified atom stereocenters. The van der Waals surface area contributed by atoms with Crippen LogP contribution in [-0.2, 0) is 26.2 Å². The van der Waals surface area contributed by atoms with Crippen molar-refractivity contribution < 1.29 is 14.3 Å². The molecule has 2 amide bonds. The van der Waals surface area contributed by atoms with E-state index in [2.05, 4.69) is 11.0 Å². The molecule has 0 radical (unpaired) electrons. The van der Waals surface area contributed by atoms with Crippen LogP contribution in [-0.4, -0.2) is 54.6 Å². The highest BCUT2D eigenvalue weighted by molar-refractivity contribution is 6.09. The van der Waals surface area contributed by atoms with Crippen LogP contribution >= 0.6 is 0 Å². The molecule has 3 aliphatic rings. The molecule has 5 heteroatoms. The fourth-order valence-corrected chi connectivity index (χ4v) is 4.21. The van der Waals surface area contributed by atoms with Crippen molar-refractivity contribution in [1.82, 2.24) is 9.80 Å². The average molecular weight is 314 g/mol. The molecule has 0 N–H and O–H groups in total. The zero-order valence-corrected chi connectivity index (χ0v) is 13.3. The standard InChI is InChI=1S/C18H22N2O3/c21-16-12-18(7-3-5-14-4-1-2-6-15(14)18)17(22)20(16)13-19-8-10-23-11-9-19/h1-2,4,6H,3,5,7-13H2/t18-/m0/s1. The van der Waals surface area contributed by atoms with Gasteiger partial charge < -0.3 is 4.74 Å². The second-order valence-electron chi connectivity index (χ2n) is 6.77. The van der Waals surface area contributed by atoms with Gasteiger partial charge in [-0.05, 0) is 30.4 Å². The van der Waals surface area contributed by atoms with E-state index < -0.39 is 5.41 Å². The predicted molar refractivity (Wildman–Crippen MR) is 84.8 cm³/mol. The van der Waals surface area contributed by atoms with Gasteiger partial charge in [-0.3, -0.25) is 19.4 Å². The number of carbonyl (C=O) groups is 2. The summed E-state index contributed by atoms with van der Waals surface area (Å²) < 4.78 is 5.34. The van der Waals surface area contributed by atoms with Gasteiger partial charge in [-0.15, -0.1) is 0 Å². The normalized spacial score (nSPS) is 28.4. The molecule has 4 rings (SSSR count). The molecule has 1 aliphatic carbocycles. The highest BCUT2D eigenvalue weighted by Crippen LogP contribution is 2.45. The Kier molecular flexibility index (Phi) is 3.70. The van der Waals surface area contributed by atoms with Crippen LogP contribution in [0.15, 0.2) is 24.3 Å². The van der Waals surface area contributed by atoms with Crippen LogP contribution in [0, 0.1) is 0 Å². The van der Waals surface area contributed by atoms with E-state index in [4.69, 9.17) is 4.74 Å². The zero-order chi connectivity index (χ0) is 15.9. The fourth-order valence-electron chi connectivity index (χ4n) is 4.21. The Hall–Kier alpha value is -1.72. The number of benzene rings is 1. The summed E-state index contributed by atoms with van der Waals surface area (Å²) in [4.78, 5) is 29.4. The van der Waals surface area contributed by atoms with Crippen LogP contribution < -0.4 is 0 Å². The summed E-state index contributed by atoms with van der Waals surface area (Å²) in [6, 6.07) is 8.13. The lowest BCUT2D eigenvalue weighted by Crippen LogP contribution is -2.48. The lowest BCUT2D eigenvalue weighted by Gasteiger charge is -2.34. The molecule has 23 heavy (non-hydrogen) atoms. The van der Waals surface area contributed by atoms with Crippen LogP contribution in [0.25, 0.3) is 0 Å². The number of carbonyl (C=O) groups excluding carboxylic acids is 2. The lowest BCUT2D eigenvalue weighted by atomic mass is 9.69. The molecule has 2 fully saturated rings. The molecule has 5 nitrogen and oxygen atoms in total. The summed E-state index contributed by atoms with van der Waals surface area (Å²) in [6.07, 6.45) is 3.09. The summed E-state index contributed by atoms with van der Waals surface area (Å²) in [6.45, 7) is 3.31. The largest absolute Gasteiger partial charge is 0.379 e. The van der Waals surface area contributed by atoms with Gasteiger partial charge in [0, 0.05) is 19.5 Å². The minimum atomic E-state index is -0.613. The number of ether oxygens (including phenoxy) is 1. The van der Waals surface area contributed by atoms with Crippen LogP contribution in [0.2, 0.25) is 0 Å². The molecule has 2 saturated heterocycles. The summed E-state index contributed by atoms with van der Waals surface area (Å²) in [7, 11) is 0. The Balaban J connectivity index is 1.62. The number of aryl methyl sites for hydroxylation is 1. The van der Waals surface area contributed by atoms with E-state index in [0.717, 1.165) is 37.9 Å². The minimum Gasteiger partial charge on any atom is -0.379 e. The second-order valence-corrected chi connectivity index (χ2v) is 6.77. The van der Waals surface area contributed by atoms with E-state index in [0.29, 0.717) is 26.3 Å². The van der Waals surface area contributed by atoms with Gasteiger partial charge in [0.15, 0.2) is 0 Å². The van der Waals surface area contributed by atoms with Gasteiger partial charge in [0.05, 0.1) is 25.3 Å². The molecular formula is C18H22N2O3. The molecule has 0 bridgehead atoms. The number of nitrogens with zero attached hydrogens (tertiary/aromatic N) is 2. The third-order valence-electron chi connectivity index (χ3n) is 5.44. The molecule has 0 saturated carbocycles. The Morgan fingerprint density at radius 1 is 1.13 bits per heavy atom. The first kappa shape index (κ1) is 14.8. The van der Waals surface area contributed by atoms with Crippen molar-refractivity contribution in [3.05, 3.63) is 35.4 Å². The SMILES string of the molecule is O=C1C[C@]2(CCCc3ccccc32)C(=O)N1CN1CCOCC1. The first-order chi connectivity index (χ1) is 11.2. The zero-order valence-electron chi connectivity index (χ0n) is 13.3. The van der Waals surface area contributed by atoms with E-state index in [1.165, 1.54) is 10.5 Å². The second kappa shape index (κ2) is 5.73. The van der Waals surface area contributed by atoms with Crippen molar-refractivity contribution in [2.75, 3.05) is 33.0 Å². The Morgan fingerprint density at radius 3 is 2.74 bits per heavy atom. The summed E-state index contributed by atoms with van der Waals surface area (Å²) in [5.41, 5.74) is 1.69. The number of fused-ring (bicyclic) bond motifs is 2. The van der Waals surface area contributed by atoms with E-state index in [-0.39, 0.29) is 11.8 Å². The number of amides is 2. The molecule has 2 heterocycles. The van der Waals surface area contributed by atoms with Crippen molar-refractivity contribution in [2.24, 2.45) is 0 Å². The smallest absolute Gasteiger partial charge is 0.241 e. The maximum atomic E-state index is 13.2. The van der Waals surface area contributed by atoms with E-state index in [1.54, 1.807) is 0 Å². The van der Waals surface area contributed by atoms with Crippen LogP contribution in [0.3, 0.4) is 0 Å². The number of morpholine rings is 1. The number of hydrogen-bond donors (Lipinski definition) is 0. The van der Waals surface area contributed by atoms with Crippen molar-refractivity contribution in [3.63, 3.8) is 0 Å². The first-order valence-electron chi connectivity index (χ1n) is 8.44. The van der Waals surface area contributed by atoms with Gasteiger partial charge >= 0.3 is 0 Å². The molecule has 1 atom stereocenters. The molecule has 0 aromatic heterocycles. The van der Waals surface area contributed by atoms with Crippen LogP contribution in [0.1, 0.15) is 30.4 Å². The quantitative estimate of drug-likeness (QED) is 0.772. The summed E-state index contributed by atoms with van der Waals surface area (Å²) in [5, 5.41) is 0. The average Bonchev–Trinajstić information content (AvgIpc) is 2.81. The lowest BCUT2D eigenvalue weighted by molar-refractivity contribution is -0.143. The number of rotatable bonds is 2.